The second-order valence-electron chi connectivity index (χ2n) is 3.77. The van der Waals surface area contributed by atoms with Gasteiger partial charge in [-0.1, -0.05) is 22.0 Å². The van der Waals surface area contributed by atoms with Gasteiger partial charge in [-0.2, -0.15) is 0 Å². The van der Waals surface area contributed by atoms with E-state index in [1.807, 2.05) is 25.1 Å². The van der Waals surface area contributed by atoms with Crippen LogP contribution in [0.5, 0.6) is 0 Å². The van der Waals surface area contributed by atoms with E-state index in [2.05, 4.69) is 26.2 Å². The Morgan fingerprint density at radius 2 is 2.17 bits per heavy atom. The summed E-state index contributed by atoms with van der Waals surface area (Å²) in [5.41, 5.74) is 2.08. The molecule has 0 saturated carbocycles. The van der Waals surface area contributed by atoms with Gasteiger partial charge in [-0.05, 0) is 31.5 Å². The fraction of sp³-hybridized carbons (Fsp3) is 0.167. The van der Waals surface area contributed by atoms with Crippen LogP contribution < -0.4 is 5.32 Å². The number of carboxylic acid groups (broad SMARTS) is 1. The van der Waals surface area contributed by atoms with Gasteiger partial charge in [0, 0.05) is 15.0 Å². The molecule has 0 bridgehead atoms. The Labute approximate surface area is 117 Å². The summed E-state index contributed by atoms with van der Waals surface area (Å²) in [6.07, 6.45) is 0. The number of aromatic nitrogens is 1. The third-order valence-corrected chi connectivity index (χ3v) is 4.25. The molecule has 0 unspecified atom stereocenters. The Kier molecular flexibility index (Phi) is 3.68. The van der Waals surface area contributed by atoms with Gasteiger partial charge in [0.25, 0.3) is 0 Å². The van der Waals surface area contributed by atoms with Crippen molar-refractivity contribution in [2.45, 2.75) is 13.8 Å². The molecule has 94 valence electrons. The topological polar surface area (TPSA) is 62.2 Å². The van der Waals surface area contributed by atoms with Crippen molar-refractivity contribution in [1.29, 1.82) is 0 Å². The van der Waals surface area contributed by atoms with Crippen LogP contribution in [0.25, 0.3) is 0 Å². The number of benzene rings is 1. The number of carbonyl (C=O) groups is 1. The van der Waals surface area contributed by atoms with Gasteiger partial charge in [-0.15, -0.1) is 11.3 Å². The van der Waals surface area contributed by atoms with Crippen LogP contribution >= 0.6 is 27.3 Å². The third-order valence-electron chi connectivity index (χ3n) is 2.51. The number of thiazole rings is 1. The van der Waals surface area contributed by atoms with Crippen LogP contribution in [-0.4, -0.2) is 16.1 Å². The summed E-state index contributed by atoms with van der Waals surface area (Å²) in [5.74, 6) is -0.997. The molecule has 0 amide bonds. The maximum Gasteiger partial charge on any atom is 0.355 e. The van der Waals surface area contributed by atoms with Crippen molar-refractivity contribution in [1.82, 2.24) is 4.98 Å². The van der Waals surface area contributed by atoms with E-state index in [0.29, 0.717) is 10.0 Å². The number of hydrogen-bond donors (Lipinski definition) is 2. The predicted octanol–water partition coefficient (Wildman–Crippen LogP) is 3.96. The molecule has 0 atom stereocenters. The monoisotopic (exact) mass is 326 g/mol. The first-order valence-corrected chi connectivity index (χ1v) is 6.83. The maximum absolute atomic E-state index is 10.9. The van der Waals surface area contributed by atoms with E-state index in [1.54, 1.807) is 6.92 Å². The predicted molar refractivity (Wildman–Crippen MR) is 76.0 cm³/mol. The first kappa shape index (κ1) is 13.0. The Morgan fingerprint density at radius 3 is 2.78 bits per heavy atom. The molecule has 0 aliphatic rings. The highest BCUT2D eigenvalue weighted by atomic mass is 79.9. The van der Waals surface area contributed by atoms with Crippen LogP contribution in [0.15, 0.2) is 22.7 Å². The molecule has 0 spiro atoms. The van der Waals surface area contributed by atoms with Crippen LogP contribution in [0.1, 0.15) is 20.9 Å². The lowest BCUT2D eigenvalue weighted by atomic mass is 10.2. The van der Waals surface area contributed by atoms with E-state index in [4.69, 9.17) is 5.11 Å². The molecule has 6 heteroatoms. The summed E-state index contributed by atoms with van der Waals surface area (Å²) in [5, 5.41) is 12.7. The first-order chi connectivity index (χ1) is 8.49. The highest BCUT2D eigenvalue weighted by molar-refractivity contribution is 9.10. The van der Waals surface area contributed by atoms with Crippen molar-refractivity contribution in [3.05, 3.63) is 38.8 Å². The van der Waals surface area contributed by atoms with E-state index >= 15 is 0 Å². The highest BCUT2D eigenvalue weighted by Crippen LogP contribution is 2.29. The number of aromatic carboxylic acids is 1. The summed E-state index contributed by atoms with van der Waals surface area (Å²) in [6, 6.07) is 5.80. The smallest absolute Gasteiger partial charge is 0.355 e. The lowest BCUT2D eigenvalue weighted by Crippen LogP contribution is -1.99. The zero-order valence-electron chi connectivity index (χ0n) is 9.82. The van der Waals surface area contributed by atoms with Crippen LogP contribution in [-0.2, 0) is 0 Å². The van der Waals surface area contributed by atoms with Gasteiger partial charge >= 0.3 is 5.97 Å². The minimum absolute atomic E-state index is 0.107. The molecule has 0 aliphatic heterocycles. The van der Waals surface area contributed by atoms with Gasteiger partial charge in [0.05, 0.1) is 0 Å². The number of hydrogen-bond acceptors (Lipinski definition) is 4. The van der Waals surface area contributed by atoms with Crippen LogP contribution in [0, 0.1) is 13.8 Å². The Bertz CT molecular complexity index is 610. The standard InChI is InChI=1S/C12H11BrN2O2S/c1-6-8(13)4-3-5-9(6)14-12-15-10(11(16)17)7(2)18-12/h3-5H,1-2H3,(H,14,15)(H,16,17). The van der Waals surface area contributed by atoms with Crippen molar-refractivity contribution in [3.63, 3.8) is 0 Å². The number of nitrogens with zero attached hydrogens (tertiary/aromatic N) is 1. The van der Waals surface area contributed by atoms with E-state index in [-0.39, 0.29) is 5.69 Å². The molecule has 0 aliphatic carbocycles. The summed E-state index contributed by atoms with van der Waals surface area (Å²) in [6.45, 7) is 3.73. The molecule has 0 radical (unpaired) electrons. The summed E-state index contributed by atoms with van der Waals surface area (Å²) < 4.78 is 0.999. The van der Waals surface area contributed by atoms with Gasteiger partial charge < -0.3 is 10.4 Å². The lowest BCUT2D eigenvalue weighted by molar-refractivity contribution is 0.0690. The van der Waals surface area contributed by atoms with Crippen molar-refractivity contribution < 1.29 is 9.90 Å². The molecule has 1 heterocycles. The number of halogens is 1. The Balaban J connectivity index is 2.32. The van der Waals surface area contributed by atoms with Crippen molar-refractivity contribution in [2.75, 3.05) is 5.32 Å². The fourth-order valence-electron chi connectivity index (χ4n) is 1.51. The van der Waals surface area contributed by atoms with E-state index < -0.39 is 5.97 Å². The molecule has 0 saturated heterocycles. The quantitative estimate of drug-likeness (QED) is 0.896. The van der Waals surface area contributed by atoms with Gasteiger partial charge in [-0.3, -0.25) is 0 Å². The summed E-state index contributed by atoms with van der Waals surface area (Å²) in [7, 11) is 0. The van der Waals surface area contributed by atoms with Gasteiger partial charge in [0.15, 0.2) is 10.8 Å². The molecule has 0 fully saturated rings. The second-order valence-corrected chi connectivity index (χ2v) is 5.82. The third kappa shape index (κ3) is 2.54. The van der Waals surface area contributed by atoms with Gasteiger partial charge in [0.2, 0.25) is 0 Å². The second kappa shape index (κ2) is 5.07. The van der Waals surface area contributed by atoms with Crippen LogP contribution in [0.3, 0.4) is 0 Å². The van der Waals surface area contributed by atoms with Gasteiger partial charge in [-0.25, -0.2) is 9.78 Å². The fourth-order valence-corrected chi connectivity index (χ4v) is 2.69. The number of anilines is 2. The average molecular weight is 327 g/mol. The van der Waals surface area contributed by atoms with Gasteiger partial charge in [0.1, 0.15) is 0 Å². The minimum atomic E-state index is -0.997. The van der Waals surface area contributed by atoms with Crippen molar-refractivity contribution >= 4 is 44.1 Å². The molecule has 1 aromatic heterocycles. The molecule has 2 aromatic rings. The lowest BCUT2D eigenvalue weighted by Gasteiger charge is -2.07. The van der Waals surface area contributed by atoms with Crippen molar-refractivity contribution in [2.24, 2.45) is 0 Å². The van der Waals surface area contributed by atoms with E-state index in [1.165, 1.54) is 11.3 Å². The number of nitrogens with one attached hydrogen (secondary N) is 1. The maximum atomic E-state index is 10.9. The molecule has 2 N–H and O–H groups in total. The van der Waals surface area contributed by atoms with E-state index in [9.17, 15) is 4.79 Å². The average Bonchev–Trinajstić information content (AvgIpc) is 2.66. The minimum Gasteiger partial charge on any atom is -0.476 e. The summed E-state index contributed by atoms with van der Waals surface area (Å²) in [4.78, 5) is 15.7. The number of rotatable bonds is 3. The largest absolute Gasteiger partial charge is 0.476 e. The molecule has 2 rings (SSSR count). The molecule has 1 aromatic carbocycles. The molecular formula is C12H11BrN2O2S. The highest BCUT2D eigenvalue weighted by Gasteiger charge is 2.14. The normalized spacial score (nSPS) is 10.4. The van der Waals surface area contributed by atoms with Crippen molar-refractivity contribution in [3.8, 4) is 0 Å². The zero-order valence-corrected chi connectivity index (χ0v) is 12.2. The molecular weight excluding hydrogens is 316 g/mol. The summed E-state index contributed by atoms with van der Waals surface area (Å²) >= 11 is 4.78. The number of aryl methyl sites for hydroxylation is 1. The van der Waals surface area contributed by atoms with Crippen LogP contribution in [0.2, 0.25) is 0 Å². The molecule has 18 heavy (non-hydrogen) atoms. The SMILES string of the molecule is Cc1sc(Nc2cccc(Br)c2C)nc1C(=O)O. The Morgan fingerprint density at radius 1 is 1.44 bits per heavy atom. The Hall–Kier alpha value is -1.40. The molecule has 4 nitrogen and oxygen atoms in total. The van der Waals surface area contributed by atoms with Crippen LogP contribution in [0.4, 0.5) is 10.8 Å². The van der Waals surface area contributed by atoms with E-state index in [0.717, 1.165) is 15.7 Å². The number of carboxylic acids is 1. The zero-order chi connectivity index (χ0) is 13.3. The first-order valence-electron chi connectivity index (χ1n) is 5.22.